The van der Waals surface area contributed by atoms with Gasteiger partial charge < -0.3 is 9.16 Å². The first kappa shape index (κ1) is 23.8. The summed E-state index contributed by atoms with van der Waals surface area (Å²) in [6, 6.07) is 13.5. The third-order valence-corrected chi connectivity index (χ3v) is 11.5. The SMILES string of the molecule is CC(C)(C)[Si](C)(C)OCc1ccc(NC(=O)OCCSSc2ccccn2)cc1. The van der Waals surface area contributed by atoms with Gasteiger partial charge in [0.1, 0.15) is 11.6 Å². The molecule has 1 aromatic carbocycles. The highest BCUT2D eigenvalue weighted by atomic mass is 33.1. The summed E-state index contributed by atoms with van der Waals surface area (Å²) in [5.41, 5.74) is 1.80. The maximum absolute atomic E-state index is 11.9. The van der Waals surface area contributed by atoms with Gasteiger partial charge in [-0.25, -0.2) is 9.78 Å². The van der Waals surface area contributed by atoms with Crippen LogP contribution < -0.4 is 5.32 Å². The second-order valence-electron chi connectivity index (χ2n) is 8.08. The first-order chi connectivity index (χ1) is 13.7. The van der Waals surface area contributed by atoms with Gasteiger partial charge in [-0.2, -0.15) is 0 Å². The molecule has 0 atom stereocenters. The molecule has 2 aromatic rings. The number of anilines is 1. The number of rotatable bonds is 9. The van der Waals surface area contributed by atoms with Gasteiger partial charge in [-0.15, -0.1) is 0 Å². The molecule has 1 amide bonds. The number of amides is 1. The average molecular weight is 451 g/mol. The van der Waals surface area contributed by atoms with Crippen LogP contribution in [-0.2, 0) is 15.8 Å². The molecule has 5 nitrogen and oxygen atoms in total. The second kappa shape index (κ2) is 11.1. The quantitative estimate of drug-likeness (QED) is 0.264. The molecule has 1 N–H and O–H groups in total. The Morgan fingerprint density at radius 1 is 1.14 bits per heavy atom. The Morgan fingerprint density at radius 3 is 2.48 bits per heavy atom. The van der Waals surface area contributed by atoms with E-state index in [1.807, 2.05) is 42.5 Å². The summed E-state index contributed by atoms with van der Waals surface area (Å²) >= 11 is 0. The molecule has 1 aromatic heterocycles. The molecule has 0 bridgehead atoms. The maximum atomic E-state index is 11.9. The summed E-state index contributed by atoms with van der Waals surface area (Å²) in [7, 11) is 1.41. The van der Waals surface area contributed by atoms with E-state index < -0.39 is 14.4 Å². The molecule has 0 saturated heterocycles. The lowest BCUT2D eigenvalue weighted by Crippen LogP contribution is -2.40. The lowest BCUT2D eigenvalue weighted by molar-refractivity contribution is 0.169. The van der Waals surface area contributed by atoms with Crippen LogP contribution in [-0.4, -0.2) is 31.8 Å². The lowest BCUT2D eigenvalue weighted by atomic mass is 10.2. The molecule has 0 aliphatic carbocycles. The smallest absolute Gasteiger partial charge is 0.411 e. The Kier molecular flexibility index (Phi) is 9.07. The van der Waals surface area contributed by atoms with Gasteiger partial charge >= 0.3 is 6.09 Å². The minimum atomic E-state index is -1.77. The molecule has 158 valence electrons. The van der Waals surface area contributed by atoms with Crippen LogP contribution in [0.5, 0.6) is 0 Å². The van der Waals surface area contributed by atoms with E-state index in [2.05, 4.69) is 44.2 Å². The fourth-order valence-electron chi connectivity index (χ4n) is 1.99. The van der Waals surface area contributed by atoms with E-state index >= 15 is 0 Å². The first-order valence-corrected chi connectivity index (χ1v) is 14.8. The largest absolute Gasteiger partial charge is 0.448 e. The van der Waals surface area contributed by atoms with Crippen molar-refractivity contribution < 1.29 is 14.0 Å². The van der Waals surface area contributed by atoms with Crippen LogP contribution in [0.25, 0.3) is 0 Å². The predicted octanol–water partition coefficient (Wildman–Crippen LogP) is 6.59. The number of hydrogen-bond donors (Lipinski definition) is 1. The summed E-state index contributed by atoms with van der Waals surface area (Å²) in [5, 5.41) is 3.88. The summed E-state index contributed by atoms with van der Waals surface area (Å²) in [6.07, 6.45) is 1.32. The topological polar surface area (TPSA) is 60.5 Å². The minimum Gasteiger partial charge on any atom is -0.448 e. The zero-order valence-electron chi connectivity index (χ0n) is 17.7. The summed E-state index contributed by atoms with van der Waals surface area (Å²) in [6.45, 7) is 12.1. The highest BCUT2D eigenvalue weighted by Gasteiger charge is 2.36. The third kappa shape index (κ3) is 8.42. The zero-order valence-corrected chi connectivity index (χ0v) is 20.4. The Hall–Kier alpha value is -1.48. The van der Waals surface area contributed by atoms with Crippen molar-refractivity contribution >= 4 is 41.7 Å². The van der Waals surface area contributed by atoms with Gasteiger partial charge in [-0.3, -0.25) is 5.32 Å². The van der Waals surface area contributed by atoms with Crippen molar-refractivity contribution in [2.24, 2.45) is 0 Å². The predicted molar refractivity (Wildman–Crippen MR) is 126 cm³/mol. The van der Waals surface area contributed by atoms with Crippen LogP contribution in [0.15, 0.2) is 53.7 Å². The molecule has 0 saturated carbocycles. The number of benzene rings is 1. The van der Waals surface area contributed by atoms with E-state index in [-0.39, 0.29) is 5.04 Å². The number of nitrogens with one attached hydrogen (secondary N) is 1. The fraction of sp³-hybridized carbons (Fsp3) is 0.429. The summed E-state index contributed by atoms with van der Waals surface area (Å²) < 4.78 is 11.4. The number of carbonyl (C=O) groups is 1. The molecular weight excluding hydrogens is 420 g/mol. The van der Waals surface area contributed by atoms with Gasteiger partial charge in [-0.1, -0.05) is 49.8 Å². The van der Waals surface area contributed by atoms with Crippen LogP contribution >= 0.6 is 21.6 Å². The Labute approximate surface area is 182 Å². The minimum absolute atomic E-state index is 0.187. The van der Waals surface area contributed by atoms with Crippen molar-refractivity contribution in [1.82, 2.24) is 4.98 Å². The normalized spacial score (nSPS) is 11.9. The van der Waals surface area contributed by atoms with Crippen LogP contribution in [0, 0.1) is 0 Å². The van der Waals surface area contributed by atoms with E-state index in [1.54, 1.807) is 27.8 Å². The Morgan fingerprint density at radius 2 is 1.86 bits per heavy atom. The number of carbonyl (C=O) groups excluding carboxylic acids is 1. The monoisotopic (exact) mass is 450 g/mol. The van der Waals surface area contributed by atoms with Crippen LogP contribution in [0.3, 0.4) is 0 Å². The van der Waals surface area contributed by atoms with Crippen molar-refractivity contribution in [2.75, 3.05) is 17.7 Å². The molecule has 0 aliphatic heterocycles. The third-order valence-electron chi connectivity index (χ3n) is 4.79. The van der Waals surface area contributed by atoms with Crippen molar-refractivity contribution in [1.29, 1.82) is 0 Å². The Bertz CT molecular complexity index is 766. The fourth-order valence-corrected chi connectivity index (χ4v) is 4.65. The average Bonchev–Trinajstić information content (AvgIpc) is 2.67. The van der Waals surface area contributed by atoms with Gasteiger partial charge in [0.15, 0.2) is 8.32 Å². The van der Waals surface area contributed by atoms with Crippen molar-refractivity contribution in [2.45, 2.75) is 50.5 Å². The van der Waals surface area contributed by atoms with E-state index in [0.717, 1.165) is 10.6 Å². The highest BCUT2D eigenvalue weighted by molar-refractivity contribution is 8.76. The number of nitrogens with zero attached hydrogens (tertiary/aromatic N) is 1. The molecule has 0 aliphatic rings. The Balaban J connectivity index is 1.67. The molecular formula is C21H30N2O3S2Si. The second-order valence-corrected chi connectivity index (χ2v) is 15.3. The molecule has 0 fully saturated rings. The van der Waals surface area contributed by atoms with Crippen molar-refractivity contribution in [3.63, 3.8) is 0 Å². The maximum Gasteiger partial charge on any atom is 0.411 e. The summed E-state index contributed by atoms with van der Waals surface area (Å²) in [5.74, 6) is 0.693. The number of hydrogen-bond acceptors (Lipinski definition) is 6. The number of ether oxygens (including phenoxy) is 1. The van der Waals surface area contributed by atoms with Gasteiger partial charge in [0, 0.05) is 17.6 Å². The van der Waals surface area contributed by atoms with Crippen molar-refractivity contribution in [3.05, 3.63) is 54.2 Å². The van der Waals surface area contributed by atoms with Crippen LogP contribution in [0.2, 0.25) is 18.1 Å². The van der Waals surface area contributed by atoms with Crippen molar-refractivity contribution in [3.8, 4) is 0 Å². The molecule has 2 rings (SSSR count). The molecule has 0 unspecified atom stereocenters. The number of aromatic nitrogens is 1. The van der Waals surface area contributed by atoms with E-state index in [1.165, 1.54) is 0 Å². The molecule has 0 radical (unpaired) electrons. The van der Waals surface area contributed by atoms with E-state index in [0.29, 0.717) is 24.7 Å². The van der Waals surface area contributed by atoms with E-state index in [9.17, 15) is 4.79 Å². The number of pyridine rings is 1. The molecule has 8 heteroatoms. The summed E-state index contributed by atoms with van der Waals surface area (Å²) in [4.78, 5) is 16.1. The van der Waals surface area contributed by atoms with E-state index in [4.69, 9.17) is 9.16 Å². The van der Waals surface area contributed by atoms with Gasteiger partial charge in [0.05, 0.1) is 6.61 Å². The van der Waals surface area contributed by atoms with Crippen LogP contribution in [0.1, 0.15) is 26.3 Å². The molecule has 0 spiro atoms. The lowest BCUT2D eigenvalue weighted by Gasteiger charge is -2.36. The molecule has 1 heterocycles. The highest BCUT2D eigenvalue weighted by Crippen LogP contribution is 2.37. The van der Waals surface area contributed by atoms with Gasteiger partial charge in [0.2, 0.25) is 0 Å². The zero-order chi connectivity index (χ0) is 21.3. The van der Waals surface area contributed by atoms with Gasteiger partial charge in [0.25, 0.3) is 0 Å². The molecule has 29 heavy (non-hydrogen) atoms. The van der Waals surface area contributed by atoms with Gasteiger partial charge in [-0.05, 0) is 58.8 Å². The first-order valence-electron chi connectivity index (χ1n) is 9.54. The standard InChI is InChI=1S/C21H30N2O3S2Si/c1-21(2,3)29(4,5)26-16-17-9-11-18(12-10-17)23-20(24)25-14-15-27-28-19-8-6-7-13-22-19/h6-13H,14-16H2,1-5H3,(H,23,24). The van der Waals surface area contributed by atoms with Crippen LogP contribution in [0.4, 0.5) is 10.5 Å².